The number of methoxy groups -OCH3 is 3. The van der Waals surface area contributed by atoms with Gasteiger partial charge in [-0.05, 0) is 18.1 Å². The minimum absolute atomic E-state index is 0.156. The molecule has 9 heteroatoms. The second kappa shape index (κ2) is 9.50. The molecule has 0 saturated carbocycles. The Balaban J connectivity index is 2.91. The van der Waals surface area contributed by atoms with E-state index in [-0.39, 0.29) is 17.4 Å². The first-order valence-electron chi connectivity index (χ1n) is 7.92. The molecule has 0 bridgehead atoms. The van der Waals surface area contributed by atoms with Crippen LogP contribution in [0.1, 0.15) is 31.1 Å². The van der Waals surface area contributed by atoms with E-state index in [4.69, 9.17) is 14.2 Å². The van der Waals surface area contributed by atoms with Gasteiger partial charge in [0.1, 0.15) is 6.04 Å². The van der Waals surface area contributed by atoms with Gasteiger partial charge in [0.05, 0.1) is 21.3 Å². The summed E-state index contributed by atoms with van der Waals surface area (Å²) in [6.45, 7) is 4.87. The first-order chi connectivity index (χ1) is 12.2. The van der Waals surface area contributed by atoms with Gasteiger partial charge in [0.2, 0.25) is 11.7 Å². The molecule has 0 aliphatic heterocycles. The van der Waals surface area contributed by atoms with Crippen LogP contribution in [0.4, 0.5) is 0 Å². The minimum atomic E-state index is -0.771. The molecule has 9 nitrogen and oxygen atoms in total. The molecule has 26 heavy (non-hydrogen) atoms. The molecule has 1 rings (SSSR count). The number of hydrogen-bond acceptors (Lipinski definition) is 6. The van der Waals surface area contributed by atoms with Gasteiger partial charge in [-0.2, -0.15) is 0 Å². The van der Waals surface area contributed by atoms with Crippen molar-refractivity contribution in [1.82, 2.24) is 16.2 Å². The third-order valence-electron chi connectivity index (χ3n) is 3.53. The molecule has 0 heterocycles. The maximum atomic E-state index is 12.3. The van der Waals surface area contributed by atoms with Crippen LogP contribution in [0.15, 0.2) is 12.1 Å². The third kappa shape index (κ3) is 5.27. The van der Waals surface area contributed by atoms with Gasteiger partial charge in [-0.15, -0.1) is 0 Å². The number of hydrogen-bond donors (Lipinski definition) is 3. The van der Waals surface area contributed by atoms with Crippen LogP contribution in [0.3, 0.4) is 0 Å². The van der Waals surface area contributed by atoms with Crippen molar-refractivity contribution in [3.63, 3.8) is 0 Å². The highest BCUT2D eigenvalue weighted by molar-refractivity contribution is 5.97. The van der Waals surface area contributed by atoms with E-state index in [2.05, 4.69) is 16.2 Å². The lowest BCUT2D eigenvalue weighted by Gasteiger charge is -2.21. The SMILES string of the molecule is COc1cc(C(=O)NNC(=O)[C@@H](NC(C)=O)C(C)C)cc(OC)c1OC. The first-order valence-corrected chi connectivity index (χ1v) is 7.92. The van der Waals surface area contributed by atoms with E-state index < -0.39 is 17.9 Å². The summed E-state index contributed by atoms with van der Waals surface area (Å²) in [7, 11) is 4.32. The second-order valence-corrected chi connectivity index (χ2v) is 5.78. The number of benzene rings is 1. The lowest BCUT2D eigenvalue weighted by atomic mass is 10.0. The molecule has 0 aliphatic carbocycles. The van der Waals surface area contributed by atoms with E-state index in [9.17, 15) is 14.4 Å². The summed E-state index contributed by atoms with van der Waals surface area (Å²) in [6, 6.07) is 2.14. The summed E-state index contributed by atoms with van der Waals surface area (Å²) in [6.07, 6.45) is 0. The Morgan fingerprint density at radius 3 is 1.85 bits per heavy atom. The molecule has 0 fully saturated rings. The third-order valence-corrected chi connectivity index (χ3v) is 3.53. The Labute approximate surface area is 152 Å². The molecular weight excluding hydrogens is 342 g/mol. The molecule has 144 valence electrons. The van der Waals surface area contributed by atoms with Gasteiger partial charge in [-0.25, -0.2) is 0 Å². The molecular formula is C17H25N3O6. The Bertz CT molecular complexity index is 649. The summed E-state index contributed by atoms with van der Waals surface area (Å²) >= 11 is 0. The van der Waals surface area contributed by atoms with Gasteiger partial charge in [0.25, 0.3) is 11.8 Å². The number of carbonyl (C=O) groups is 3. The second-order valence-electron chi connectivity index (χ2n) is 5.78. The van der Waals surface area contributed by atoms with Gasteiger partial charge in [-0.1, -0.05) is 13.8 Å². The van der Waals surface area contributed by atoms with Gasteiger partial charge >= 0.3 is 0 Å². The Hall–Kier alpha value is -2.97. The average molecular weight is 367 g/mol. The van der Waals surface area contributed by atoms with Gasteiger partial charge < -0.3 is 19.5 Å². The normalized spacial score (nSPS) is 11.3. The summed E-state index contributed by atoms with van der Waals surface area (Å²) in [5, 5.41) is 2.54. The monoisotopic (exact) mass is 367 g/mol. The molecule has 1 aromatic rings. The molecule has 3 amide bonds. The lowest BCUT2D eigenvalue weighted by Crippen LogP contribution is -2.54. The van der Waals surface area contributed by atoms with Gasteiger partial charge in [-0.3, -0.25) is 25.2 Å². The van der Waals surface area contributed by atoms with E-state index in [1.807, 2.05) is 0 Å². The fourth-order valence-electron chi connectivity index (χ4n) is 2.23. The molecule has 0 aromatic heterocycles. The number of amides is 3. The number of hydrazine groups is 1. The van der Waals surface area contributed by atoms with Crippen LogP contribution in [0.5, 0.6) is 17.2 Å². The van der Waals surface area contributed by atoms with Crippen LogP contribution in [0.25, 0.3) is 0 Å². The summed E-state index contributed by atoms with van der Waals surface area (Å²) < 4.78 is 15.6. The smallest absolute Gasteiger partial charge is 0.269 e. The van der Waals surface area contributed by atoms with Crippen molar-refractivity contribution < 1.29 is 28.6 Å². The van der Waals surface area contributed by atoms with Crippen molar-refractivity contribution >= 4 is 17.7 Å². The molecule has 0 unspecified atom stereocenters. The summed E-state index contributed by atoms with van der Waals surface area (Å²) in [4.78, 5) is 35.7. The largest absolute Gasteiger partial charge is 0.493 e. The zero-order valence-electron chi connectivity index (χ0n) is 15.8. The molecule has 1 atom stereocenters. The van der Waals surface area contributed by atoms with E-state index in [0.717, 1.165) is 0 Å². The molecule has 3 N–H and O–H groups in total. The highest BCUT2D eigenvalue weighted by atomic mass is 16.5. The van der Waals surface area contributed by atoms with Crippen molar-refractivity contribution in [2.75, 3.05) is 21.3 Å². The van der Waals surface area contributed by atoms with Crippen LogP contribution < -0.4 is 30.4 Å². The highest BCUT2D eigenvalue weighted by Gasteiger charge is 2.24. The Morgan fingerprint density at radius 2 is 1.46 bits per heavy atom. The molecule has 0 aliphatic rings. The van der Waals surface area contributed by atoms with Crippen LogP contribution >= 0.6 is 0 Å². The summed E-state index contributed by atoms with van der Waals surface area (Å²) in [5.74, 6) is -0.643. The van der Waals surface area contributed by atoms with Crippen LogP contribution in [-0.2, 0) is 9.59 Å². The lowest BCUT2D eigenvalue weighted by molar-refractivity contribution is -0.129. The first kappa shape index (κ1) is 21.1. The Kier molecular flexibility index (Phi) is 7.70. The zero-order valence-corrected chi connectivity index (χ0v) is 15.8. The zero-order chi connectivity index (χ0) is 19.9. The van der Waals surface area contributed by atoms with Gasteiger partial charge in [0.15, 0.2) is 11.5 Å². The number of nitrogens with one attached hydrogen (secondary N) is 3. The van der Waals surface area contributed by atoms with Crippen molar-refractivity contribution in [2.24, 2.45) is 5.92 Å². The van der Waals surface area contributed by atoms with Crippen molar-refractivity contribution in [1.29, 1.82) is 0 Å². The molecule has 1 aromatic carbocycles. The molecule has 0 saturated heterocycles. The van der Waals surface area contributed by atoms with E-state index >= 15 is 0 Å². The van der Waals surface area contributed by atoms with E-state index in [1.165, 1.54) is 40.4 Å². The molecule has 0 radical (unpaired) electrons. The van der Waals surface area contributed by atoms with E-state index in [0.29, 0.717) is 17.2 Å². The minimum Gasteiger partial charge on any atom is -0.493 e. The number of carbonyl (C=O) groups excluding carboxylic acids is 3. The van der Waals surface area contributed by atoms with E-state index in [1.54, 1.807) is 13.8 Å². The standard InChI is InChI=1S/C17H25N3O6/c1-9(2)14(18-10(3)21)17(23)20-19-16(22)11-7-12(24-4)15(26-6)13(8-11)25-5/h7-9,14H,1-6H3,(H,18,21)(H,19,22)(H,20,23)/t14-/m0/s1. The fraction of sp³-hybridized carbons (Fsp3) is 0.471. The van der Waals surface area contributed by atoms with Crippen LogP contribution in [0.2, 0.25) is 0 Å². The molecule has 0 spiro atoms. The van der Waals surface area contributed by atoms with Gasteiger partial charge in [0, 0.05) is 12.5 Å². The van der Waals surface area contributed by atoms with Crippen LogP contribution in [-0.4, -0.2) is 45.1 Å². The maximum absolute atomic E-state index is 12.3. The van der Waals surface area contributed by atoms with Crippen LogP contribution in [0, 0.1) is 5.92 Å². The predicted molar refractivity (Wildman–Crippen MR) is 94.1 cm³/mol. The number of ether oxygens (including phenoxy) is 3. The topological polar surface area (TPSA) is 115 Å². The van der Waals surface area contributed by atoms with Crippen molar-refractivity contribution in [3.05, 3.63) is 17.7 Å². The predicted octanol–water partition coefficient (Wildman–Crippen LogP) is 0.634. The Morgan fingerprint density at radius 1 is 0.923 bits per heavy atom. The average Bonchev–Trinajstić information content (AvgIpc) is 2.61. The fourth-order valence-corrected chi connectivity index (χ4v) is 2.23. The summed E-state index contributed by atoms with van der Waals surface area (Å²) in [5.41, 5.74) is 4.81. The van der Waals surface area contributed by atoms with Crippen molar-refractivity contribution in [2.45, 2.75) is 26.8 Å². The highest BCUT2D eigenvalue weighted by Crippen LogP contribution is 2.38. The quantitative estimate of drug-likeness (QED) is 0.609. The maximum Gasteiger partial charge on any atom is 0.269 e. The van der Waals surface area contributed by atoms with Crippen molar-refractivity contribution in [3.8, 4) is 17.2 Å². The number of rotatable bonds is 7.